The Balaban J connectivity index is 1.94. The molecule has 1 aromatic rings. The normalized spacial score (nSPS) is 19.9. The highest BCUT2D eigenvalue weighted by Crippen LogP contribution is 2.23. The first kappa shape index (κ1) is 15.4. The van der Waals surface area contributed by atoms with E-state index in [1.54, 1.807) is 0 Å². The van der Waals surface area contributed by atoms with Gasteiger partial charge < -0.3 is 5.73 Å². The lowest BCUT2D eigenvalue weighted by molar-refractivity contribution is 0.149. The lowest BCUT2D eigenvalue weighted by Gasteiger charge is -2.41. The number of hydrogen-bond donors (Lipinski definition) is 2. The van der Waals surface area contributed by atoms with Gasteiger partial charge in [-0.15, -0.1) is 0 Å². The van der Waals surface area contributed by atoms with Gasteiger partial charge >= 0.3 is 0 Å². The van der Waals surface area contributed by atoms with Crippen molar-refractivity contribution in [1.82, 2.24) is 9.62 Å². The molecule has 1 aromatic carbocycles. The molecule has 0 amide bonds. The van der Waals surface area contributed by atoms with Crippen LogP contribution in [0.3, 0.4) is 0 Å². The Morgan fingerprint density at radius 2 is 1.85 bits per heavy atom. The van der Waals surface area contributed by atoms with Crippen LogP contribution in [0.4, 0.5) is 0 Å². The van der Waals surface area contributed by atoms with E-state index in [4.69, 9.17) is 5.73 Å². The third kappa shape index (κ3) is 4.28. The molecule has 6 heteroatoms. The highest BCUT2D eigenvalue weighted by atomic mass is 32.2. The van der Waals surface area contributed by atoms with Gasteiger partial charge in [0.2, 0.25) is 10.0 Å². The minimum Gasteiger partial charge on any atom is -0.329 e. The van der Waals surface area contributed by atoms with Crippen LogP contribution in [0.25, 0.3) is 0 Å². The summed E-state index contributed by atoms with van der Waals surface area (Å²) < 4.78 is 25.6. The summed E-state index contributed by atoms with van der Waals surface area (Å²) in [5.74, 6) is 0. The monoisotopic (exact) mass is 297 g/mol. The molecule has 1 saturated heterocycles. The minimum atomic E-state index is -3.22. The van der Waals surface area contributed by atoms with Crippen LogP contribution < -0.4 is 10.5 Å². The van der Waals surface area contributed by atoms with Gasteiger partial charge in [-0.3, -0.25) is 4.90 Å². The number of piperidine rings is 1. The predicted molar refractivity (Wildman–Crippen MR) is 80.7 cm³/mol. The number of benzene rings is 1. The number of nitrogens with zero attached hydrogens (tertiary/aromatic N) is 1. The fraction of sp³-hybridized carbons (Fsp3) is 0.571. The van der Waals surface area contributed by atoms with E-state index in [2.05, 4.69) is 21.8 Å². The van der Waals surface area contributed by atoms with E-state index in [9.17, 15) is 8.42 Å². The largest absolute Gasteiger partial charge is 0.329 e. The van der Waals surface area contributed by atoms with Gasteiger partial charge in [-0.25, -0.2) is 13.1 Å². The molecule has 0 atom stereocenters. The highest BCUT2D eigenvalue weighted by molar-refractivity contribution is 7.88. The summed E-state index contributed by atoms with van der Waals surface area (Å²) >= 11 is 0. The van der Waals surface area contributed by atoms with Crippen molar-refractivity contribution in [3.8, 4) is 0 Å². The number of nitrogens with one attached hydrogen (secondary N) is 1. The van der Waals surface area contributed by atoms with Gasteiger partial charge in [0.1, 0.15) is 0 Å². The third-order valence-electron chi connectivity index (χ3n) is 3.85. The summed E-state index contributed by atoms with van der Waals surface area (Å²) in [6.07, 6.45) is 2.70. The van der Waals surface area contributed by atoms with E-state index < -0.39 is 15.6 Å². The molecule has 1 aliphatic heterocycles. The quantitative estimate of drug-likeness (QED) is 0.831. The second kappa shape index (κ2) is 6.22. The molecule has 0 aliphatic carbocycles. The second-order valence-corrected chi connectivity index (χ2v) is 7.37. The molecular weight excluding hydrogens is 274 g/mol. The van der Waals surface area contributed by atoms with Crippen molar-refractivity contribution >= 4 is 10.0 Å². The number of sulfonamides is 1. The van der Waals surface area contributed by atoms with Crippen LogP contribution in [0, 0.1) is 0 Å². The minimum absolute atomic E-state index is 0.346. The molecule has 112 valence electrons. The van der Waals surface area contributed by atoms with Crippen molar-refractivity contribution in [1.29, 1.82) is 0 Å². The maximum atomic E-state index is 11.5. The van der Waals surface area contributed by atoms with Crippen LogP contribution >= 0.6 is 0 Å². The number of hydrogen-bond acceptors (Lipinski definition) is 4. The van der Waals surface area contributed by atoms with Gasteiger partial charge in [-0.05, 0) is 18.4 Å². The summed E-state index contributed by atoms with van der Waals surface area (Å²) in [4.78, 5) is 2.34. The summed E-state index contributed by atoms with van der Waals surface area (Å²) in [6, 6.07) is 10.3. The maximum absolute atomic E-state index is 11.5. The molecule has 5 nitrogen and oxygen atoms in total. The van der Waals surface area contributed by atoms with Crippen LogP contribution in [-0.2, 0) is 16.6 Å². The zero-order valence-electron chi connectivity index (χ0n) is 11.9. The molecule has 1 heterocycles. The molecule has 20 heavy (non-hydrogen) atoms. The standard InChI is InChI=1S/C14H23N3O2S/c1-20(18,19)16-14(12-15)7-9-17(10-8-14)11-13-5-3-2-4-6-13/h2-6,16H,7-12,15H2,1H3. The lowest BCUT2D eigenvalue weighted by atomic mass is 9.88. The molecule has 0 unspecified atom stereocenters. The van der Waals surface area contributed by atoms with Gasteiger partial charge in [-0.2, -0.15) is 0 Å². The lowest BCUT2D eigenvalue weighted by Crippen LogP contribution is -2.58. The smallest absolute Gasteiger partial charge is 0.209 e. The molecular formula is C14H23N3O2S. The van der Waals surface area contributed by atoms with E-state index in [0.717, 1.165) is 32.5 Å². The van der Waals surface area contributed by atoms with Gasteiger partial charge in [0.05, 0.1) is 6.26 Å². The van der Waals surface area contributed by atoms with Crippen molar-refractivity contribution < 1.29 is 8.42 Å². The van der Waals surface area contributed by atoms with Crippen LogP contribution in [-0.4, -0.2) is 44.7 Å². The average Bonchev–Trinajstić information content (AvgIpc) is 2.41. The molecule has 1 fully saturated rings. The first-order valence-corrected chi connectivity index (χ1v) is 8.77. The number of nitrogens with two attached hydrogens (primary N) is 1. The van der Waals surface area contributed by atoms with Crippen molar-refractivity contribution in [3.05, 3.63) is 35.9 Å². The van der Waals surface area contributed by atoms with E-state index in [-0.39, 0.29) is 0 Å². The van der Waals surface area contributed by atoms with Gasteiger partial charge in [0.25, 0.3) is 0 Å². The van der Waals surface area contributed by atoms with E-state index in [0.29, 0.717) is 6.54 Å². The fourth-order valence-corrected chi connectivity index (χ4v) is 3.80. The molecule has 0 aromatic heterocycles. The first-order valence-electron chi connectivity index (χ1n) is 6.88. The Morgan fingerprint density at radius 1 is 1.25 bits per heavy atom. The zero-order valence-corrected chi connectivity index (χ0v) is 12.7. The Labute approximate surface area is 121 Å². The Morgan fingerprint density at radius 3 is 2.35 bits per heavy atom. The molecule has 0 spiro atoms. The van der Waals surface area contributed by atoms with Crippen LogP contribution in [0.15, 0.2) is 30.3 Å². The summed E-state index contributed by atoms with van der Waals surface area (Å²) in [6.45, 7) is 2.96. The van der Waals surface area contributed by atoms with Gasteiger partial charge in [0.15, 0.2) is 0 Å². The highest BCUT2D eigenvalue weighted by Gasteiger charge is 2.35. The Hall–Kier alpha value is -0.950. The molecule has 3 N–H and O–H groups in total. The van der Waals surface area contributed by atoms with Crippen LogP contribution in [0.2, 0.25) is 0 Å². The second-order valence-electron chi connectivity index (χ2n) is 5.62. The Bertz CT molecular complexity index is 523. The third-order valence-corrected chi connectivity index (χ3v) is 4.66. The molecule has 0 bridgehead atoms. The number of likely N-dealkylation sites (tertiary alicyclic amines) is 1. The average molecular weight is 297 g/mol. The van der Waals surface area contributed by atoms with Crippen molar-refractivity contribution in [2.24, 2.45) is 5.73 Å². The summed E-state index contributed by atoms with van der Waals surface area (Å²) in [5.41, 5.74) is 6.61. The topological polar surface area (TPSA) is 75.4 Å². The fourth-order valence-electron chi connectivity index (χ4n) is 2.72. The molecule has 1 aliphatic rings. The summed E-state index contributed by atoms with van der Waals surface area (Å²) in [7, 11) is -3.22. The van der Waals surface area contributed by atoms with Gasteiger partial charge in [0, 0.05) is 31.7 Å². The maximum Gasteiger partial charge on any atom is 0.209 e. The van der Waals surface area contributed by atoms with E-state index in [1.807, 2.05) is 18.2 Å². The molecule has 0 radical (unpaired) electrons. The van der Waals surface area contributed by atoms with Crippen molar-refractivity contribution in [2.75, 3.05) is 25.9 Å². The van der Waals surface area contributed by atoms with E-state index >= 15 is 0 Å². The number of rotatable bonds is 5. The zero-order chi connectivity index (χ0) is 14.6. The molecule has 2 rings (SSSR count). The SMILES string of the molecule is CS(=O)(=O)NC1(CN)CCN(Cc2ccccc2)CC1. The van der Waals surface area contributed by atoms with Crippen molar-refractivity contribution in [2.45, 2.75) is 24.9 Å². The Kier molecular flexibility index (Phi) is 4.80. The predicted octanol–water partition coefficient (Wildman–Crippen LogP) is 0.529. The summed E-state index contributed by atoms with van der Waals surface area (Å²) in [5, 5.41) is 0. The van der Waals surface area contributed by atoms with Crippen LogP contribution in [0.5, 0.6) is 0 Å². The van der Waals surface area contributed by atoms with Crippen molar-refractivity contribution in [3.63, 3.8) is 0 Å². The van der Waals surface area contributed by atoms with E-state index in [1.165, 1.54) is 11.8 Å². The van der Waals surface area contributed by atoms with Crippen LogP contribution in [0.1, 0.15) is 18.4 Å². The molecule has 0 saturated carbocycles. The van der Waals surface area contributed by atoms with Gasteiger partial charge in [-0.1, -0.05) is 30.3 Å². The first-order chi connectivity index (χ1) is 9.42.